The summed E-state index contributed by atoms with van der Waals surface area (Å²) in [6.45, 7) is 0. The van der Waals surface area contributed by atoms with E-state index in [0.29, 0.717) is 0 Å². The lowest BCUT2D eigenvalue weighted by atomic mass is 10.0. The van der Waals surface area contributed by atoms with Crippen molar-refractivity contribution in [2.75, 3.05) is 5.75 Å². The maximum Gasteiger partial charge on any atom is 0.183 e. The standard InChI is InChI=1S/C6H12O5S/c7-3-2(1-12)11-6(10)5(9)4(3)8/h2-10,12H,1H2/t2?,3-,4?,5?,6+/m1/s1. The quantitative estimate of drug-likeness (QED) is 0.305. The lowest BCUT2D eigenvalue weighted by molar-refractivity contribution is -0.276. The van der Waals surface area contributed by atoms with Crippen molar-refractivity contribution in [3.8, 4) is 0 Å². The molecule has 0 aliphatic carbocycles. The van der Waals surface area contributed by atoms with Crippen LogP contribution >= 0.6 is 12.6 Å². The first-order valence-electron chi connectivity index (χ1n) is 3.56. The Morgan fingerprint density at radius 2 is 1.58 bits per heavy atom. The molecule has 1 fully saturated rings. The Bertz CT molecular complexity index is 150. The van der Waals surface area contributed by atoms with Crippen molar-refractivity contribution < 1.29 is 25.2 Å². The van der Waals surface area contributed by atoms with Gasteiger partial charge in [0, 0.05) is 5.75 Å². The maximum absolute atomic E-state index is 9.23. The SMILES string of the molecule is OC1C(O)[C@@H](O)OC(CS)[C@H]1O. The number of thiol groups is 1. The number of ether oxygens (including phenoxy) is 1. The molecule has 0 bridgehead atoms. The van der Waals surface area contributed by atoms with E-state index in [2.05, 4.69) is 12.6 Å². The van der Waals surface area contributed by atoms with E-state index in [1.807, 2.05) is 0 Å². The van der Waals surface area contributed by atoms with Crippen molar-refractivity contribution in [1.82, 2.24) is 0 Å². The summed E-state index contributed by atoms with van der Waals surface area (Å²) in [4.78, 5) is 0. The van der Waals surface area contributed by atoms with Crippen LogP contribution in [-0.2, 0) is 4.74 Å². The summed E-state index contributed by atoms with van der Waals surface area (Å²) in [5.74, 6) is 0.169. The highest BCUT2D eigenvalue weighted by molar-refractivity contribution is 7.80. The fourth-order valence-corrected chi connectivity index (χ4v) is 1.38. The largest absolute Gasteiger partial charge is 0.388 e. The number of rotatable bonds is 1. The Labute approximate surface area is 75.0 Å². The van der Waals surface area contributed by atoms with Gasteiger partial charge in [0.2, 0.25) is 0 Å². The molecular weight excluding hydrogens is 184 g/mol. The summed E-state index contributed by atoms with van der Waals surface area (Å²) < 4.78 is 4.75. The third-order valence-electron chi connectivity index (χ3n) is 1.87. The van der Waals surface area contributed by atoms with Crippen LogP contribution in [-0.4, -0.2) is 56.9 Å². The van der Waals surface area contributed by atoms with Gasteiger partial charge in [-0.3, -0.25) is 0 Å². The lowest BCUT2D eigenvalue weighted by Gasteiger charge is -2.37. The van der Waals surface area contributed by atoms with Crippen LogP contribution in [0.1, 0.15) is 0 Å². The molecule has 0 spiro atoms. The van der Waals surface area contributed by atoms with E-state index in [1.165, 1.54) is 0 Å². The Kier molecular flexibility index (Phi) is 3.33. The molecule has 0 aromatic carbocycles. The summed E-state index contributed by atoms with van der Waals surface area (Å²) in [6.07, 6.45) is -6.26. The van der Waals surface area contributed by atoms with Crippen LogP contribution in [0.4, 0.5) is 0 Å². The number of hydrogen-bond donors (Lipinski definition) is 5. The summed E-state index contributed by atoms with van der Waals surface area (Å²) >= 11 is 3.84. The molecule has 72 valence electrons. The molecule has 1 heterocycles. The van der Waals surface area contributed by atoms with Crippen molar-refractivity contribution in [3.05, 3.63) is 0 Å². The molecule has 1 aliphatic rings. The molecule has 4 N–H and O–H groups in total. The first kappa shape index (κ1) is 10.2. The average Bonchev–Trinajstić information content (AvgIpc) is 2.08. The van der Waals surface area contributed by atoms with E-state index in [9.17, 15) is 5.11 Å². The first-order chi connectivity index (χ1) is 5.57. The zero-order chi connectivity index (χ0) is 9.30. The molecule has 5 atom stereocenters. The Morgan fingerprint density at radius 3 is 2.08 bits per heavy atom. The van der Waals surface area contributed by atoms with Crippen LogP contribution < -0.4 is 0 Å². The van der Waals surface area contributed by atoms with Gasteiger partial charge in [0.1, 0.15) is 18.3 Å². The normalized spacial score (nSPS) is 49.2. The predicted octanol–water partition coefficient (Wildman–Crippen LogP) is -2.28. The number of hydrogen-bond acceptors (Lipinski definition) is 6. The zero-order valence-corrected chi connectivity index (χ0v) is 7.13. The zero-order valence-electron chi connectivity index (χ0n) is 6.24. The second-order valence-corrected chi connectivity index (χ2v) is 3.08. The second kappa shape index (κ2) is 3.91. The molecule has 1 saturated heterocycles. The predicted molar refractivity (Wildman–Crippen MR) is 42.8 cm³/mol. The molecule has 0 aromatic rings. The van der Waals surface area contributed by atoms with E-state index in [-0.39, 0.29) is 5.75 Å². The first-order valence-corrected chi connectivity index (χ1v) is 4.19. The molecule has 0 amide bonds. The lowest BCUT2D eigenvalue weighted by Crippen LogP contribution is -2.57. The van der Waals surface area contributed by atoms with Gasteiger partial charge in [-0.05, 0) is 0 Å². The maximum atomic E-state index is 9.23. The Morgan fingerprint density at radius 1 is 1.00 bits per heavy atom. The fraction of sp³-hybridized carbons (Fsp3) is 1.00. The van der Waals surface area contributed by atoms with Crippen molar-refractivity contribution in [3.63, 3.8) is 0 Å². The summed E-state index contributed by atoms with van der Waals surface area (Å²) in [6, 6.07) is 0. The van der Waals surface area contributed by atoms with Crippen molar-refractivity contribution in [2.45, 2.75) is 30.7 Å². The van der Waals surface area contributed by atoms with Gasteiger partial charge in [-0.2, -0.15) is 12.6 Å². The highest BCUT2D eigenvalue weighted by atomic mass is 32.1. The van der Waals surface area contributed by atoms with Crippen LogP contribution in [0.3, 0.4) is 0 Å². The van der Waals surface area contributed by atoms with Gasteiger partial charge in [0.05, 0.1) is 6.10 Å². The number of aliphatic hydroxyl groups excluding tert-OH is 4. The molecule has 1 rings (SSSR count). The minimum absolute atomic E-state index is 0.169. The van der Waals surface area contributed by atoms with Crippen molar-refractivity contribution in [1.29, 1.82) is 0 Å². The minimum Gasteiger partial charge on any atom is -0.388 e. The van der Waals surface area contributed by atoms with Gasteiger partial charge >= 0.3 is 0 Å². The smallest absolute Gasteiger partial charge is 0.183 e. The molecule has 3 unspecified atom stereocenters. The van der Waals surface area contributed by atoms with Crippen LogP contribution in [0, 0.1) is 0 Å². The average molecular weight is 196 g/mol. The third kappa shape index (κ3) is 1.73. The summed E-state index contributed by atoms with van der Waals surface area (Å²) in [5.41, 5.74) is 0. The molecule has 6 heteroatoms. The third-order valence-corrected chi connectivity index (χ3v) is 2.23. The molecule has 0 aromatic heterocycles. The van der Waals surface area contributed by atoms with Gasteiger partial charge in [0.15, 0.2) is 6.29 Å². The highest BCUT2D eigenvalue weighted by Gasteiger charge is 2.42. The van der Waals surface area contributed by atoms with Crippen LogP contribution in [0.5, 0.6) is 0 Å². The topological polar surface area (TPSA) is 90.2 Å². The van der Waals surface area contributed by atoms with Crippen LogP contribution in [0.25, 0.3) is 0 Å². The van der Waals surface area contributed by atoms with Gasteiger partial charge < -0.3 is 25.2 Å². The van der Waals surface area contributed by atoms with E-state index >= 15 is 0 Å². The molecular formula is C6H12O5S. The molecule has 0 saturated carbocycles. The van der Waals surface area contributed by atoms with Crippen molar-refractivity contribution >= 4 is 12.6 Å². The van der Waals surface area contributed by atoms with E-state index in [4.69, 9.17) is 20.1 Å². The van der Waals surface area contributed by atoms with Gasteiger partial charge in [-0.15, -0.1) is 0 Å². The van der Waals surface area contributed by atoms with Gasteiger partial charge in [-0.25, -0.2) is 0 Å². The van der Waals surface area contributed by atoms with Crippen LogP contribution in [0.2, 0.25) is 0 Å². The van der Waals surface area contributed by atoms with Crippen LogP contribution in [0.15, 0.2) is 0 Å². The molecule has 1 aliphatic heterocycles. The monoisotopic (exact) mass is 196 g/mol. The van der Waals surface area contributed by atoms with Gasteiger partial charge in [0.25, 0.3) is 0 Å². The van der Waals surface area contributed by atoms with E-state index < -0.39 is 30.7 Å². The van der Waals surface area contributed by atoms with Crippen molar-refractivity contribution in [2.24, 2.45) is 0 Å². The van der Waals surface area contributed by atoms with Gasteiger partial charge in [-0.1, -0.05) is 0 Å². The molecule has 0 radical (unpaired) electrons. The highest BCUT2D eigenvalue weighted by Crippen LogP contribution is 2.20. The molecule has 5 nitrogen and oxygen atoms in total. The number of aliphatic hydroxyl groups is 4. The Balaban J connectivity index is 2.63. The van der Waals surface area contributed by atoms with E-state index in [1.54, 1.807) is 0 Å². The fourth-order valence-electron chi connectivity index (χ4n) is 1.08. The molecule has 12 heavy (non-hydrogen) atoms. The van der Waals surface area contributed by atoms with E-state index in [0.717, 1.165) is 0 Å². The summed E-state index contributed by atoms with van der Waals surface area (Å²) in [7, 11) is 0. The summed E-state index contributed by atoms with van der Waals surface area (Å²) in [5, 5.41) is 36.4. The Hall–Kier alpha value is 0.150. The second-order valence-electron chi connectivity index (χ2n) is 2.72. The minimum atomic E-state index is -1.46.